The molecule has 0 atom stereocenters. The first-order chi connectivity index (χ1) is 8.79. The van der Waals surface area contributed by atoms with Gasteiger partial charge in [0.15, 0.2) is 0 Å². The van der Waals surface area contributed by atoms with Gasteiger partial charge >= 0.3 is 0 Å². The maximum Gasteiger partial charge on any atom is 0.0478 e. The minimum absolute atomic E-state index is 0.510. The smallest absolute Gasteiger partial charge is 0.0478 e. The third kappa shape index (κ3) is 1.69. The van der Waals surface area contributed by atoms with Crippen molar-refractivity contribution in [3.8, 4) is 11.1 Å². The van der Waals surface area contributed by atoms with Crippen molar-refractivity contribution >= 4 is 10.9 Å². The lowest BCUT2D eigenvalue weighted by molar-refractivity contribution is 0.969. The molecule has 3 nitrogen and oxygen atoms in total. The number of aromatic nitrogens is 2. The van der Waals surface area contributed by atoms with Gasteiger partial charge in [-0.15, -0.1) is 0 Å². The summed E-state index contributed by atoms with van der Waals surface area (Å²) in [4.78, 5) is 4.12. The largest absolute Gasteiger partial charge is 0.351 e. The second-order valence-corrected chi connectivity index (χ2v) is 4.44. The predicted molar refractivity (Wildman–Crippen MR) is 74.0 cm³/mol. The van der Waals surface area contributed by atoms with Crippen LogP contribution in [0.25, 0.3) is 22.0 Å². The SMILES string of the molecule is Cn1ccc2cc(-c3ccncc3CN)ccc21. The molecule has 2 N–H and O–H groups in total. The van der Waals surface area contributed by atoms with Gasteiger partial charge in [0.1, 0.15) is 0 Å². The van der Waals surface area contributed by atoms with Gasteiger partial charge in [0.2, 0.25) is 0 Å². The molecular formula is C15H15N3. The van der Waals surface area contributed by atoms with E-state index in [0.717, 1.165) is 5.56 Å². The molecule has 0 radical (unpaired) electrons. The molecule has 3 heteroatoms. The van der Waals surface area contributed by atoms with Crippen molar-refractivity contribution in [3.63, 3.8) is 0 Å². The molecule has 0 amide bonds. The van der Waals surface area contributed by atoms with E-state index >= 15 is 0 Å². The summed E-state index contributed by atoms with van der Waals surface area (Å²) in [5, 5.41) is 1.25. The van der Waals surface area contributed by atoms with Gasteiger partial charge in [-0.2, -0.15) is 0 Å². The Morgan fingerprint density at radius 3 is 2.94 bits per heavy atom. The third-order valence-electron chi connectivity index (χ3n) is 3.32. The van der Waals surface area contributed by atoms with Gasteiger partial charge in [-0.25, -0.2) is 0 Å². The summed E-state index contributed by atoms with van der Waals surface area (Å²) in [5.41, 5.74) is 10.4. The first-order valence-electron chi connectivity index (χ1n) is 5.98. The van der Waals surface area contributed by atoms with Crippen LogP contribution < -0.4 is 5.73 Å². The first kappa shape index (κ1) is 11.0. The molecule has 0 fully saturated rings. The fraction of sp³-hybridized carbons (Fsp3) is 0.133. The molecular weight excluding hydrogens is 222 g/mol. The third-order valence-corrected chi connectivity index (χ3v) is 3.32. The van der Waals surface area contributed by atoms with Crippen LogP contribution in [0.2, 0.25) is 0 Å². The number of nitrogens with two attached hydrogens (primary N) is 1. The Bertz CT molecular complexity index is 698. The summed E-state index contributed by atoms with van der Waals surface area (Å²) in [6.07, 6.45) is 5.72. The summed E-state index contributed by atoms with van der Waals surface area (Å²) in [5.74, 6) is 0. The van der Waals surface area contributed by atoms with E-state index in [1.165, 1.54) is 22.0 Å². The van der Waals surface area contributed by atoms with Gasteiger partial charge in [0, 0.05) is 43.1 Å². The molecule has 0 bridgehead atoms. The van der Waals surface area contributed by atoms with Gasteiger partial charge in [-0.05, 0) is 41.0 Å². The first-order valence-corrected chi connectivity index (χ1v) is 5.98. The van der Waals surface area contributed by atoms with Crippen LogP contribution in [0.15, 0.2) is 48.9 Å². The fourth-order valence-electron chi connectivity index (χ4n) is 2.32. The summed E-state index contributed by atoms with van der Waals surface area (Å²) < 4.78 is 2.12. The molecule has 0 spiro atoms. The molecule has 0 aliphatic heterocycles. The van der Waals surface area contributed by atoms with Gasteiger partial charge in [0.25, 0.3) is 0 Å². The van der Waals surface area contributed by atoms with E-state index in [0.29, 0.717) is 6.54 Å². The minimum Gasteiger partial charge on any atom is -0.351 e. The van der Waals surface area contributed by atoms with Crippen molar-refractivity contribution in [1.82, 2.24) is 9.55 Å². The van der Waals surface area contributed by atoms with E-state index in [1.54, 1.807) is 0 Å². The predicted octanol–water partition coefficient (Wildman–Crippen LogP) is 2.70. The lowest BCUT2D eigenvalue weighted by Crippen LogP contribution is -1.99. The van der Waals surface area contributed by atoms with Crippen LogP contribution in [-0.4, -0.2) is 9.55 Å². The van der Waals surface area contributed by atoms with Crippen LogP contribution in [0.1, 0.15) is 5.56 Å². The topological polar surface area (TPSA) is 43.8 Å². The zero-order valence-electron chi connectivity index (χ0n) is 10.3. The Labute approximate surface area is 106 Å². The van der Waals surface area contributed by atoms with Crippen LogP contribution in [0.5, 0.6) is 0 Å². The molecule has 3 rings (SSSR count). The van der Waals surface area contributed by atoms with E-state index in [-0.39, 0.29) is 0 Å². The maximum atomic E-state index is 5.76. The number of hydrogen-bond donors (Lipinski definition) is 1. The number of nitrogens with zero attached hydrogens (tertiary/aromatic N) is 2. The molecule has 0 aliphatic carbocycles. The Kier molecular flexibility index (Phi) is 2.61. The van der Waals surface area contributed by atoms with Crippen molar-refractivity contribution in [3.05, 3.63) is 54.5 Å². The monoisotopic (exact) mass is 237 g/mol. The van der Waals surface area contributed by atoms with Crippen molar-refractivity contribution in [2.24, 2.45) is 12.8 Å². The Morgan fingerprint density at radius 1 is 1.22 bits per heavy atom. The van der Waals surface area contributed by atoms with Crippen LogP contribution in [0.4, 0.5) is 0 Å². The number of pyridine rings is 1. The van der Waals surface area contributed by atoms with E-state index < -0.39 is 0 Å². The molecule has 2 aromatic heterocycles. The molecule has 0 saturated heterocycles. The van der Waals surface area contributed by atoms with E-state index in [2.05, 4.69) is 47.1 Å². The molecule has 1 aromatic carbocycles. The molecule has 0 saturated carbocycles. The summed E-state index contributed by atoms with van der Waals surface area (Å²) in [7, 11) is 2.06. The lowest BCUT2D eigenvalue weighted by atomic mass is 10.0. The van der Waals surface area contributed by atoms with E-state index in [1.807, 2.05) is 18.5 Å². The summed E-state index contributed by atoms with van der Waals surface area (Å²) in [6.45, 7) is 0.510. The van der Waals surface area contributed by atoms with Crippen LogP contribution >= 0.6 is 0 Å². The number of fused-ring (bicyclic) bond motifs is 1. The summed E-state index contributed by atoms with van der Waals surface area (Å²) in [6, 6.07) is 10.6. The van der Waals surface area contributed by atoms with Crippen LogP contribution in [0.3, 0.4) is 0 Å². The average Bonchev–Trinajstić information content (AvgIpc) is 2.80. The Hall–Kier alpha value is -2.13. The van der Waals surface area contributed by atoms with Gasteiger partial charge in [0.05, 0.1) is 0 Å². The normalized spacial score (nSPS) is 11.0. The number of rotatable bonds is 2. The molecule has 18 heavy (non-hydrogen) atoms. The van der Waals surface area contributed by atoms with E-state index in [9.17, 15) is 0 Å². The average molecular weight is 237 g/mol. The zero-order chi connectivity index (χ0) is 12.5. The van der Waals surface area contributed by atoms with Gasteiger partial charge < -0.3 is 10.3 Å². The van der Waals surface area contributed by atoms with Crippen molar-refractivity contribution in [1.29, 1.82) is 0 Å². The highest BCUT2D eigenvalue weighted by molar-refractivity contribution is 5.86. The quantitative estimate of drug-likeness (QED) is 0.744. The van der Waals surface area contributed by atoms with Gasteiger partial charge in [-0.3, -0.25) is 4.98 Å². The Morgan fingerprint density at radius 2 is 2.11 bits per heavy atom. The molecule has 3 aromatic rings. The maximum absolute atomic E-state index is 5.76. The minimum atomic E-state index is 0.510. The number of aryl methyl sites for hydroxylation is 1. The van der Waals surface area contributed by atoms with Crippen molar-refractivity contribution in [2.45, 2.75) is 6.54 Å². The second-order valence-electron chi connectivity index (χ2n) is 4.44. The number of hydrogen-bond acceptors (Lipinski definition) is 2. The molecule has 0 unspecified atom stereocenters. The number of benzene rings is 1. The molecule has 0 aliphatic rings. The highest BCUT2D eigenvalue weighted by Crippen LogP contribution is 2.26. The Balaban J connectivity index is 2.19. The van der Waals surface area contributed by atoms with Crippen LogP contribution in [0, 0.1) is 0 Å². The molecule has 2 heterocycles. The van der Waals surface area contributed by atoms with Crippen molar-refractivity contribution in [2.75, 3.05) is 0 Å². The van der Waals surface area contributed by atoms with E-state index in [4.69, 9.17) is 5.73 Å². The summed E-state index contributed by atoms with van der Waals surface area (Å²) >= 11 is 0. The fourth-order valence-corrected chi connectivity index (χ4v) is 2.32. The van der Waals surface area contributed by atoms with Crippen molar-refractivity contribution < 1.29 is 0 Å². The zero-order valence-corrected chi connectivity index (χ0v) is 10.3. The van der Waals surface area contributed by atoms with Crippen LogP contribution in [-0.2, 0) is 13.6 Å². The molecule has 90 valence electrons. The van der Waals surface area contributed by atoms with Gasteiger partial charge in [-0.1, -0.05) is 6.07 Å². The highest BCUT2D eigenvalue weighted by atomic mass is 14.9. The highest BCUT2D eigenvalue weighted by Gasteiger charge is 2.05. The standard InChI is InChI=1S/C15H15N3/c1-18-7-5-12-8-11(2-3-15(12)18)14-4-6-17-10-13(14)9-16/h2-8,10H,9,16H2,1H3. The second kappa shape index (κ2) is 4.27. The lowest BCUT2D eigenvalue weighted by Gasteiger charge is -2.07.